The molecule has 1 atom stereocenters. The molecule has 3 aliphatic heterocycles. The smallest absolute Gasteiger partial charge is 0.434 e. The Hall–Kier alpha value is -3.97. The molecule has 1 N–H and O–H groups in total. The summed E-state index contributed by atoms with van der Waals surface area (Å²) in [5, 5.41) is 15.0. The van der Waals surface area contributed by atoms with E-state index in [1.807, 2.05) is 13.8 Å². The Kier molecular flexibility index (Phi) is 8.31. The third kappa shape index (κ3) is 5.94. The molecule has 214 valence electrons. The van der Waals surface area contributed by atoms with Crippen molar-refractivity contribution in [3.8, 4) is 0 Å². The molecule has 0 bridgehead atoms. The molecule has 0 amide bonds. The standard InChI is InChI=1S/C27H34N6O7/c1-17(2)16-39-27(34)40-23-18(3)28-24-22(21(23)19-5-4-6-20(15-19)33(35)36)25(31-7-11-37-12-8-31)30-26(29-24)32-9-13-38-14-10-32/h4-6,15,17,21H,7-14,16H2,1-3H3,(H,28,29,30). The van der Waals surface area contributed by atoms with E-state index in [9.17, 15) is 14.9 Å². The minimum atomic E-state index is -0.845. The van der Waals surface area contributed by atoms with Crippen LogP contribution in [0, 0.1) is 16.0 Å². The number of hydrogen-bond acceptors (Lipinski definition) is 12. The molecule has 40 heavy (non-hydrogen) atoms. The molecule has 0 spiro atoms. The number of fused-ring (bicyclic) bond motifs is 1. The summed E-state index contributed by atoms with van der Waals surface area (Å²) in [6.45, 7) is 10.6. The number of rotatable bonds is 7. The molecule has 0 saturated carbocycles. The number of allylic oxidation sites excluding steroid dienone is 2. The lowest BCUT2D eigenvalue weighted by atomic mass is 9.86. The minimum Gasteiger partial charge on any atom is -0.434 e. The second-order valence-corrected chi connectivity index (χ2v) is 10.3. The Labute approximate surface area is 232 Å². The van der Waals surface area contributed by atoms with Crippen LogP contribution in [0.2, 0.25) is 0 Å². The van der Waals surface area contributed by atoms with Crippen LogP contribution in [0.1, 0.15) is 37.8 Å². The van der Waals surface area contributed by atoms with Crippen molar-refractivity contribution in [2.24, 2.45) is 5.92 Å². The number of non-ortho nitro benzene ring substituents is 1. The highest BCUT2D eigenvalue weighted by Crippen LogP contribution is 2.47. The highest BCUT2D eigenvalue weighted by Gasteiger charge is 2.38. The summed E-state index contributed by atoms with van der Waals surface area (Å²) in [7, 11) is 0. The molecule has 2 fully saturated rings. The maximum absolute atomic E-state index is 12.8. The van der Waals surface area contributed by atoms with Gasteiger partial charge in [-0.25, -0.2) is 4.79 Å². The van der Waals surface area contributed by atoms with Gasteiger partial charge < -0.3 is 34.1 Å². The lowest BCUT2D eigenvalue weighted by Gasteiger charge is -2.37. The van der Waals surface area contributed by atoms with Gasteiger partial charge in [-0.2, -0.15) is 9.97 Å². The maximum atomic E-state index is 12.8. The number of aromatic nitrogens is 2. The number of anilines is 3. The van der Waals surface area contributed by atoms with E-state index in [4.69, 9.17) is 28.9 Å². The Morgan fingerprint density at radius 2 is 1.80 bits per heavy atom. The first-order valence-electron chi connectivity index (χ1n) is 13.5. The van der Waals surface area contributed by atoms with E-state index >= 15 is 0 Å². The normalized spacial score (nSPS) is 19.2. The van der Waals surface area contributed by atoms with Crippen LogP contribution >= 0.6 is 0 Å². The lowest BCUT2D eigenvalue weighted by Crippen LogP contribution is -2.41. The number of carbonyl (C=O) groups is 1. The zero-order chi connectivity index (χ0) is 28.2. The van der Waals surface area contributed by atoms with E-state index in [-0.39, 0.29) is 24.0 Å². The number of benzene rings is 1. The first kappa shape index (κ1) is 27.6. The van der Waals surface area contributed by atoms with Crippen LogP contribution in [0.4, 0.5) is 28.1 Å². The first-order chi connectivity index (χ1) is 19.3. The van der Waals surface area contributed by atoms with Crippen molar-refractivity contribution in [1.29, 1.82) is 0 Å². The van der Waals surface area contributed by atoms with Gasteiger partial charge in [-0.15, -0.1) is 0 Å². The van der Waals surface area contributed by atoms with E-state index in [2.05, 4.69) is 15.1 Å². The average Bonchev–Trinajstić information content (AvgIpc) is 2.97. The van der Waals surface area contributed by atoms with E-state index < -0.39 is 17.0 Å². The van der Waals surface area contributed by atoms with Gasteiger partial charge in [0.2, 0.25) is 5.95 Å². The number of hydrogen-bond donors (Lipinski definition) is 1. The minimum absolute atomic E-state index is 0.0734. The van der Waals surface area contributed by atoms with Gasteiger partial charge >= 0.3 is 6.16 Å². The summed E-state index contributed by atoms with van der Waals surface area (Å²) in [5.41, 5.74) is 1.71. The van der Waals surface area contributed by atoms with Gasteiger partial charge in [-0.3, -0.25) is 10.1 Å². The number of nitrogens with zero attached hydrogens (tertiary/aromatic N) is 5. The van der Waals surface area contributed by atoms with Crippen molar-refractivity contribution in [1.82, 2.24) is 9.97 Å². The predicted octanol–water partition coefficient (Wildman–Crippen LogP) is 3.66. The molecule has 0 radical (unpaired) electrons. The van der Waals surface area contributed by atoms with Crippen LogP contribution in [0.15, 0.2) is 35.7 Å². The monoisotopic (exact) mass is 554 g/mol. The Bertz CT molecular complexity index is 1290. The Balaban J connectivity index is 1.66. The molecule has 2 aromatic rings. The van der Waals surface area contributed by atoms with E-state index in [0.717, 1.165) is 0 Å². The Morgan fingerprint density at radius 3 is 2.45 bits per heavy atom. The molecule has 3 aliphatic rings. The second-order valence-electron chi connectivity index (χ2n) is 10.3. The van der Waals surface area contributed by atoms with Gasteiger partial charge in [-0.1, -0.05) is 26.0 Å². The molecule has 13 heteroatoms. The summed E-state index contributed by atoms with van der Waals surface area (Å²) in [5.74, 6) is 1.46. The summed E-state index contributed by atoms with van der Waals surface area (Å²) < 4.78 is 22.3. The molecule has 13 nitrogen and oxygen atoms in total. The largest absolute Gasteiger partial charge is 0.513 e. The zero-order valence-corrected chi connectivity index (χ0v) is 22.9. The molecular formula is C27H34N6O7. The molecular weight excluding hydrogens is 520 g/mol. The summed E-state index contributed by atoms with van der Waals surface area (Å²) in [4.78, 5) is 38.2. The van der Waals surface area contributed by atoms with Crippen molar-refractivity contribution in [3.05, 3.63) is 57.0 Å². The predicted molar refractivity (Wildman–Crippen MR) is 147 cm³/mol. The van der Waals surface area contributed by atoms with Gasteiger partial charge in [0.15, 0.2) is 0 Å². The van der Waals surface area contributed by atoms with Crippen LogP contribution in [0.5, 0.6) is 0 Å². The lowest BCUT2D eigenvalue weighted by molar-refractivity contribution is -0.384. The number of morpholine rings is 2. The van der Waals surface area contributed by atoms with Crippen LogP contribution in [0.25, 0.3) is 0 Å². The zero-order valence-electron chi connectivity index (χ0n) is 22.9. The maximum Gasteiger partial charge on any atom is 0.513 e. The summed E-state index contributed by atoms with van der Waals surface area (Å²) >= 11 is 0. The average molecular weight is 555 g/mol. The molecule has 1 unspecified atom stereocenters. The van der Waals surface area contributed by atoms with Crippen molar-refractivity contribution in [2.75, 3.05) is 74.3 Å². The van der Waals surface area contributed by atoms with Crippen LogP contribution < -0.4 is 15.1 Å². The third-order valence-corrected chi connectivity index (χ3v) is 6.89. The fraction of sp³-hybridized carbons (Fsp3) is 0.519. The fourth-order valence-corrected chi connectivity index (χ4v) is 4.94. The molecule has 1 aromatic heterocycles. The third-order valence-electron chi connectivity index (χ3n) is 6.89. The summed E-state index contributed by atoms with van der Waals surface area (Å²) in [6, 6.07) is 6.33. The van der Waals surface area contributed by atoms with E-state index in [1.54, 1.807) is 19.1 Å². The van der Waals surface area contributed by atoms with Crippen LogP contribution in [-0.2, 0) is 18.9 Å². The van der Waals surface area contributed by atoms with Gasteiger partial charge in [0.05, 0.1) is 55.1 Å². The van der Waals surface area contributed by atoms with E-state index in [1.165, 1.54) is 12.1 Å². The number of ether oxygens (including phenoxy) is 4. The van der Waals surface area contributed by atoms with Gasteiger partial charge in [0.25, 0.3) is 5.69 Å². The SMILES string of the molecule is CC1=C(OC(=O)OCC(C)C)C(c2cccc([N+](=O)[O-])c2)c2c(nc(N3CCOCC3)nc2N2CCOCC2)N1. The molecule has 2 saturated heterocycles. The summed E-state index contributed by atoms with van der Waals surface area (Å²) in [6.07, 6.45) is -0.845. The second kappa shape index (κ2) is 12.0. The van der Waals surface area contributed by atoms with E-state index in [0.29, 0.717) is 87.0 Å². The number of carbonyl (C=O) groups excluding carboxylic acids is 1. The highest BCUT2D eigenvalue weighted by molar-refractivity contribution is 5.73. The Morgan fingerprint density at radius 1 is 1.12 bits per heavy atom. The molecule has 4 heterocycles. The molecule has 5 rings (SSSR count). The van der Waals surface area contributed by atoms with Crippen molar-refractivity contribution in [3.63, 3.8) is 0 Å². The fourth-order valence-electron chi connectivity index (χ4n) is 4.94. The van der Waals surface area contributed by atoms with Crippen molar-refractivity contribution in [2.45, 2.75) is 26.7 Å². The number of nitro benzene ring substituents is 1. The highest BCUT2D eigenvalue weighted by atomic mass is 16.7. The van der Waals surface area contributed by atoms with Gasteiger partial charge in [0, 0.05) is 38.3 Å². The van der Waals surface area contributed by atoms with Crippen molar-refractivity contribution >= 4 is 29.4 Å². The number of nitrogens with one attached hydrogen (secondary N) is 1. The molecule has 0 aliphatic carbocycles. The van der Waals surface area contributed by atoms with Gasteiger partial charge in [-0.05, 0) is 18.4 Å². The van der Waals surface area contributed by atoms with Gasteiger partial charge in [0.1, 0.15) is 17.4 Å². The number of nitro groups is 1. The van der Waals surface area contributed by atoms with Crippen LogP contribution in [-0.4, -0.2) is 80.3 Å². The first-order valence-corrected chi connectivity index (χ1v) is 13.5. The quantitative estimate of drug-likeness (QED) is 0.303. The molecule has 1 aromatic carbocycles. The topological polar surface area (TPSA) is 141 Å². The van der Waals surface area contributed by atoms with Crippen LogP contribution in [0.3, 0.4) is 0 Å². The van der Waals surface area contributed by atoms with Crippen molar-refractivity contribution < 1.29 is 28.7 Å².